The molecule has 2 unspecified atom stereocenters. The lowest BCUT2D eigenvalue weighted by Crippen LogP contribution is -2.28. The van der Waals surface area contributed by atoms with Crippen LogP contribution in [0.4, 0.5) is 0 Å². The monoisotopic (exact) mass is 391 g/mol. The highest BCUT2D eigenvalue weighted by atomic mass is 79.9. The molecule has 0 spiro atoms. The average molecular weight is 393 g/mol. The zero-order valence-electron chi connectivity index (χ0n) is 11.9. The maximum Gasteiger partial charge on any atom is 0.0465 e. The third kappa shape index (κ3) is 5.94. The number of ether oxygens (including phenoxy) is 1. The lowest BCUT2D eigenvalue weighted by Gasteiger charge is -2.26. The maximum atomic E-state index is 5.20. The van der Waals surface area contributed by atoms with Crippen molar-refractivity contribution in [3.05, 3.63) is 32.7 Å². The molecule has 0 bridgehead atoms. The van der Waals surface area contributed by atoms with Crippen molar-refractivity contribution in [2.75, 3.05) is 20.3 Å². The van der Waals surface area contributed by atoms with Gasteiger partial charge >= 0.3 is 0 Å². The molecule has 2 nitrogen and oxygen atoms in total. The number of hydrogen-bond donors (Lipinski definition) is 1. The van der Waals surface area contributed by atoms with Crippen LogP contribution in [0.25, 0.3) is 0 Å². The molecule has 0 fully saturated rings. The van der Waals surface area contributed by atoms with Crippen molar-refractivity contribution in [2.24, 2.45) is 5.92 Å². The molecular formula is C15H23Br2NO. The minimum Gasteiger partial charge on any atom is -0.385 e. The largest absolute Gasteiger partial charge is 0.385 e. The Balaban J connectivity index is 2.87. The van der Waals surface area contributed by atoms with E-state index in [0.29, 0.717) is 12.0 Å². The van der Waals surface area contributed by atoms with Crippen molar-refractivity contribution in [3.63, 3.8) is 0 Å². The maximum absolute atomic E-state index is 5.20. The van der Waals surface area contributed by atoms with Crippen LogP contribution in [0.3, 0.4) is 0 Å². The summed E-state index contributed by atoms with van der Waals surface area (Å²) < 4.78 is 7.42. The number of benzene rings is 1. The molecule has 0 radical (unpaired) electrons. The molecule has 4 heteroatoms. The summed E-state index contributed by atoms with van der Waals surface area (Å²) in [5.74, 6) is 0.535. The fourth-order valence-corrected chi connectivity index (χ4v) is 3.50. The van der Waals surface area contributed by atoms with Gasteiger partial charge in [0.25, 0.3) is 0 Å². The first-order chi connectivity index (χ1) is 9.08. The minimum atomic E-state index is 0.365. The van der Waals surface area contributed by atoms with E-state index in [-0.39, 0.29) is 0 Å². The van der Waals surface area contributed by atoms with Gasteiger partial charge in [0.15, 0.2) is 0 Å². The Morgan fingerprint density at radius 3 is 2.37 bits per heavy atom. The number of halogens is 2. The second kappa shape index (κ2) is 9.11. The molecule has 0 aliphatic carbocycles. The minimum absolute atomic E-state index is 0.365. The summed E-state index contributed by atoms with van der Waals surface area (Å²) in [5, 5.41) is 3.65. The highest BCUT2D eigenvalue weighted by molar-refractivity contribution is 9.11. The summed E-state index contributed by atoms with van der Waals surface area (Å²) in [5.41, 5.74) is 1.32. The predicted octanol–water partition coefficient (Wildman–Crippen LogP) is 4.92. The Morgan fingerprint density at radius 1 is 1.21 bits per heavy atom. The SMILES string of the molecule is CCCNC(c1cc(Br)cc(Br)c1)C(C)CCOC. The quantitative estimate of drug-likeness (QED) is 0.677. The summed E-state index contributed by atoms with van der Waals surface area (Å²) in [6.07, 6.45) is 2.20. The van der Waals surface area contributed by atoms with Crippen LogP contribution in [0.2, 0.25) is 0 Å². The van der Waals surface area contributed by atoms with Crippen LogP contribution in [-0.4, -0.2) is 20.3 Å². The number of rotatable bonds is 8. The first-order valence-corrected chi connectivity index (χ1v) is 8.35. The smallest absolute Gasteiger partial charge is 0.0465 e. The summed E-state index contributed by atoms with van der Waals surface area (Å²) in [7, 11) is 1.76. The Morgan fingerprint density at radius 2 is 1.84 bits per heavy atom. The van der Waals surface area contributed by atoms with Crippen LogP contribution < -0.4 is 5.32 Å². The van der Waals surface area contributed by atoms with Crippen LogP contribution in [-0.2, 0) is 4.74 Å². The van der Waals surface area contributed by atoms with Crippen LogP contribution >= 0.6 is 31.9 Å². The van der Waals surface area contributed by atoms with Crippen molar-refractivity contribution < 1.29 is 4.74 Å². The summed E-state index contributed by atoms with van der Waals surface area (Å²) in [6, 6.07) is 6.83. The molecule has 19 heavy (non-hydrogen) atoms. The van der Waals surface area contributed by atoms with Gasteiger partial charge < -0.3 is 10.1 Å². The number of nitrogens with one attached hydrogen (secondary N) is 1. The van der Waals surface area contributed by atoms with Crippen molar-refractivity contribution in [2.45, 2.75) is 32.7 Å². The van der Waals surface area contributed by atoms with Gasteiger partial charge in [-0.2, -0.15) is 0 Å². The molecule has 0 aliphatic rings. The van der Waals surface area contributed by atoms with Gasteiger partial charge in [0.05, 0.1) is 0 Å². The third-order valence-electron chi connectivity index (χ3n) is 3.20. The highest BCUT2D eigenvalue weighted by Crippen LogP contribution is 2.29. The predicted molar refractivity (Wildman–Crippen MR) is 88.5 cm³/mol. The van der Waals surface area contributed by atoms with E-state index in [9.17, 15) is 0 Å². The molecule has 108 valence electrons. The van der Waals surface area contributed by atoms with Crippen LogP contribution in [0.5, 0.6) is 0 Å². The van der Waals surface area contributed by atoms with E-state index in [0.717, 1.165) is 34.9 Å². The normalized spacial score (nSPS) is 14.4. The molecule has 1 rings (SSSR count). The summed E-state index contributed by atoms with van der Waals surface area (Å²) in [6.45, 7) is 6.31. The second-order valence-electron chi connectivity index (χ2n) is 4.89. The molecule has 2 atom stereocenters. The van der Waals surface area contributed by atoms with E-state index in [1.54, 1.807) is 7.11 Å². The highest BCUT2D eigenvalue weighted by Gasteiger charge is 2.19. The van der Waals surface area contributed by atoms with Crippen molar-refractivity contribution >= 4 is 31.9 Å². The Labute approximate surface area is 133 Å². The van der Waals surface area contributed by atoms with Crippen LogP contribution in [0, 0.1) is 5.92 Å². The molecule has 1 aromatic carbocycles. The molecule has 1 aromatic rings. The van der Waals surface area contributed by atoms with Gasteiger partial charge in [-0.1, -0.05) is 45.7 Å². The van der Waals surface area contributed by atoms with Crippen molar-refractivity contribution in [1.82, 2.24) is 5.32 Å². The van der Waals surface area contributed by atoms with Gasteiger partial charge in [-0.05, 0) is 49.1 Å². The van der Waals surface area contributed by atoms with Crippen molar-refractivity contribution in [3.8, 4) is 0 Å². The van der Waals surface area contributed by atoms with Gasteiger partial charge in [0, 0.05) is 28.7 Å². The number of methoxy groups -OCH3 is 1. The molecule has 0 saturated heterocycles. The molecule has 0 aliphatic heterocycles. The van der Waals surface area contributed by atoms with Gasteiger partial charge in [0.2, 0.25) is 0 Å². The summed E-state index contributed by atoms with van der Waals surface area (Å²) >= 11 is 7.14. The van der Waals surface area contributed by atoms with E-state index in [4.69, 9.17) is 4.74 Å². The van der Waals surface area contributed by atoms with Crippen LogP contribution in [0.15, 0.2) is 27.1 Å². The van der Waals surface area contributed by atoms with Crippen molar-refractivity contribution in [1.29, 1.82) is 0 Å². The topological polar surface area (TPSA) is 21.3 Å². The standard InChI is InChI=1S/C15H23Br2NO/c1-4-6-18-15(11(2)5-7-19-3)12-8-13(16)10-14(17)9-12/h8-11,15,18H,4-7H2,1-3H3. The van der Waals surface area contributed by atoms with E-state index < -0.39 is 0 Å². The first-order valence-electron chi connectivity index (χ1n) is 6.76. The zero-order valence-corrected chi connectivity index (χ0v) is 15.1. The van der Waals surface area contributed by atoms with E-state index >= 15 is 0 Å². The lowest BCUT2D eigenvalue weighted by molar-refractivity contribution is 0.170. The molecule has 1 N–H and O–H groups in total. The van der Waals surface area contributed by atoms with Gasteiger partial charge in [-0.3, -0.25) is 0 Å². The fourth-order valence-electron chi connectivity index (χ4n) is 2.17. The van der Waals surface area contributed by atoms with Crippen LogP contribution in [0.1, 0.15) is 38.3 Å². The molecular weight excluding hydrogens is 370 g/mol. The average Bonchev–Trinajstić information content (AvgIpc) is 2.35. The zero-order chi connectivity index (χ0) is 14.3. The molecule has 0 aromatic heterocycles. The van der Waals surface area contributed by atoms with E-state index in [1.807, 2.05) is 0 Å². The first kappa shape index (κ1) is 17.2. The molecule has 0 heterocycles. The molecule has 0 saturated carbocycles. The van der Waals surface area contributed by atoms with E-state index in [2.05, 4.69) is 69.2 Å². The second-order valence-corrected chi connectivity index (χ2v) is 6.72. The molecule has 0 amide bonds. The lowest BCUT2D eigenvalue weighted by atomic mass is 9.92. The number of hydrogen-bond acceptors (Lipinski definition) is 2. The Hall–Kier alpha value is 0.1000. The van der Waals surface area contributed by atoms with Gasteiger partial charge in [-0.25, -0.2) is 0 Å². The van der Waals surface area contributed by atoms with Gasteiger partial charge in [0.1, 0.15) is 0 Å². The van der Waals surface area contributed by atoms with E-state index in [1.165, 1.54) is 5.56 Å². The summed E-state index contributed by atoms with van der Waals surface area (Å²) in [4.78, 5) is 0. The Kier molecular flexibility index (Phi) is 8.23. The third-order valence-corrected chi connectivity index (χ3v) is 4.12. The van der Waals surface area contributed by atoms with Gasteiger partial charge in [-0.15, -0.1) is 0 Å². The Bertz CT molecular complexity index is 364. The fraction of sp³-hybridized carbons (Fsp3) is 0.600.